The van der Waals surface area contributed by atoms with Crippen LogP contribution in [-0.2, 0) is 11.2 Å². The summed E-state index contributed by atoms with van der Waals surface area (Å²) >= 11 is 0. The molecule has 17 heavy (non-hydrogen) atoms. The SMILES string of the molecule is COC(C)C(N)Cc1ccn(C2CCCC2)n1. The maximum atomic E-state index is 6.05. The number of hydrogen-bond donors (Lipinski definition) is 1. The molecule has 2 atom stereocenters. The molecule has 0 aliphatic heterocycles. The summed E-state index contributed by atoms with van der Waals surface area (Å²) in [5.74, 6) is 0. The molecule has 1 saturated carbocycles. The summed E-state index contributed by atoms with van der Waals surface area (Å²) in [5.41, 5.74) is 7.13. The Morgan fingerprint density at radius 2 is 2.24 bits per heavy atom. The Morgan fingerprint density at radius 3 is 2.88 bits per heavy atom. The van der Waals surface area contributed by atoms with Gasteiger partial charge < -0.3 is 10.5 Å². The first-order chi connectivity index (χ1) is 8.20. The van der Waals surface area contributed by atoms with E-state index in [4.69, 9.17) is 10.5 Å². The molecule has 0 amide bonds. The minimum absolute atomic E-state index is 0.0203. The third kappa shape index (κ3) is 3.07. The number of methoxy groups -OCH3 is 1. The van der Waals surface area contributed by atoms with E-state index in [9.17, 15) is 0 Å². The van der Waals surface area contributed by atoms with Crippen molar-refractivity contribution in [3.63, 3.8) is 0 Å². The van der Waals surface area contributed by atoms with Crippen LogP contribution >= 0.6 is 0 Å². The predicted octanol–water partition coefficient (Wildman–Crippen LogP) is 1.90. The van der Waals surface area contributed by atoms with E-state index in [2.05, 4.69) is 22.0 Å². The molecule has 0 radical (unpaired) electrons. The van der Waals surface area contributed by atoms with Gasteiger partial charge in [0.25, 0.3) is 0 Å². The van der Waals surface area contributed by atoms with Crippen molar-refractivity contribution in [1.82, 2.24) is 9.78 Å². The molecule has 0 saturated heterocycles. The molecule has 1 heterocycles. The van der Waals surface area contributed by atoms with Crippen molar-refractivity contribution >= 4 is 0 Å². The lowest BCUT2D eigenvalue weighted by Crippen LogP contribution is -2.36. The molecular formula is C13H23N3O. The maximum absolute atomic E-state index is 6.05. The van der Waals surface area contributed by atoms with Crippen molar-refractivity contribution in [3.8, 4) is 0 Å². The molecular weight excluding hydrogens is 214 g/mol. The summed E-state index contributed by atoms with van der Waals surface area (Å²) in [5, 5.41) is 4.63. The molecule has 2 rings (SSSR count). The molecule has 0 aromatic carbocycles. The number of ether oxygens (including phenoxy) is 1. The van der Waals surface area contributed by atoms with Crippen LogP contribution in [0, 0.1) is 0 Å². The van der Waals surface area contributed by atoms with Gasteiger partial charge in [0.1, 0.15) is 0 Å². The predicted molar refractivity (Wildman–Crippen MR) is 67.9 cm³/mol. The first kappa shape index (κ1) is 12.6. The molecule has 4 heteroatoms. The summed E-state index contributed by atoms with van der Waals surface area (Å²) in [6, 6.07) is 2.72. The van der Waals surface area contributed by atoms with E-state index in [1.54, 1.807) is 7.11 Å². The van der Waals surface area contributed by atoms with Crippen LogP contribution in [0.5, 0.6) is 0 Å². The summed E-state index contributed by atoms with van der Waals surface area (Å²) in [4.78, 5) is 0. The Bertz CT molecular complexity index is 344. The quantitative estimate of drug-likeness (QED) is 0.851. The van der Waals surface area contributed by atoms with Gasteiger partial charge in [-0.2, -0.15) is 5.10 Å². The van der Waals surface area contributed by atoms with Crippen molar-refractivity contribution in [2.45, 2.75) is 57.2 Å². The molecule has 0 spiro atoms. The van der Waals surface area contributed by atoms with Gasteiger partial charge in [0.2, 0.25) is 0 Å². The summed E-state index contributed by atoms with van der Waals surface area (Å²) < 4.78 is 7.35. The van der Waals surface area contributed by atoms with Gasteiger partial charge in [0, 0.05) is 25.8 Å². The van der Waals surface area contributed by atoms with Gasteiger partial charge >= 0.3 is 0 Å². The molecule has 96 valence electrons. The summed E-state index contributed by atoms with van der Waals surface area (Å²) in [6.07, 6.45) is 8.15. The normalized spacial score (nSPS) is 20.6. The Morgan fingerprint density at radius 1 is 1.53 bits per heavy atom. The van der Waals surface area contributed by atoms with E-state index in [1.807, 2.05) is 6.92 Å². The highest BCUT2D eigenvalue weighted by Crippen LogP contribution is 2.28. The first-order valence-electron chi connectivity index (χ1n) is 6.53. The molecule has 2 unspecified atom stereocenters. The van der Waals surface area contributed by atoms with Crippen LogP contribution in [0.1, 0.15) is 44.3 Å². The molecule has 1 aliphatic rings. The first-order valence-corrected chi connectivity index (χ1v) is 6.53. The van der Waals surface area contributed by atoms with Gasteiger partial charge in [0.15, 0.2) is 0 Å². The fraction of sp³-hybridized carbons (Fsp3) is 0.769. The van der Waals surface area contributed by atoms with Crippen LogP contribution in [0.25, 0.3) is 0 Å². The van der Waals surface area contributed by atoms with E-state index in [-0.39, 0.29) is 12.1 Å². The zero-order valence-electron chi connectivity index (χ0n) is 10.8. The number of hydrogen-bond acceptors (Lipinski definition) is 3. The fourth-order valence-corrected chi connectivity index (χ4v) is 2.44. The average Bonchev–Trinajstić information content (AvgIpc) is 2.97. The van der Waals surface area contributed by atoms with E-state index >= 15 is 0 Å². The molecule has 1 aromatic rings. The molecule has 1 aliphatic carbocycles. The van der Waals surface area contributed by atoms with Crippen LogP contribution < -0.4 is 5.73 Å². The zero-order chi connectivity index (χ0) is 12.3. The zero-order valence-corrected chi connectivity index (χ0v) is 10.8. The second-order valence-electron chi connectivity index (χ2n) is 5.03. The van der Waals surface area contributed by atoms with Crippen molar-refractivity contribution in [1.29, 1.82) is 0 Å². The summed E-state index contributed by atoms with van der Waals surface area (Å²) in [6.45, 7) is 2.00. The minimum Gasteiger partial charge on any atom is -0.380 e. The third-order valence-electron chi connectivity index (χ3n) is 3.78. The van der Waals surface area contributed by atoms with Crippen LogP contribution in [0.3, 0.4) is 0 Å². The second kappa shape index (κ2) is 5.65. The monoisotopic (exact) mass is 237 g/mol. The lowest BCUT2D eigenvalue weighted by molar-refractivity contribution is 0.0952. The number of nitrogens with zero attached hydrogens (tertiary/aromatic N) is 2. The van der Waals surface area contributed by atoms with Gasteiger partial charge in [0.05, 0.1) is 17.8 Å². The molecule has 1 fully saturated rings. The molecule has 1 aromatic heterocycles. The second-order valence-corrected chi connectivity index (χ2v) is 5.03. The highest BCUT2D eigenvalue weighted by molar-refractivity contribution is 5.03. The largest absolute Gasteiger partial charge is 0.380 e. The molecule has 4 nitrogen and oxygen atoms in total. The van der Waals surface area contributed by atoms with E-state index in [1.165, 1.54) is 25.7 Å². The lowest BCUT2D eigenvalue weighted by Gasteiger charge is -2.17. The Kier molecular flexibility index (Phi) is 4.18. The Hall–Kier alpha value is -0.870. The van der Waals surface area contributed by atoms with Crippen molar-refractivity contribution in [3.05, 3.63) is 18.0 Å². The maximum Gasteiger partial charge on any atom is 0.0697 e. The minimum atomic E-state index is 0.0203. The van der Waals surface area contributed by atoms with Crippen LogP contribution in [0.4, 0.5) is 0 Å². The van der Waals surface area contributed by atoms with E-state index < -0.39 is 0 Å². The van der Waals surface area contributed by atoms with Crippen molar-refractivity contribution in [2.24, 2.45) is 5.73 Å². The van der Waals surface area contributed by atoms with Crippen LogP contribution in [-0.4, -0.2) is 29.0 Å². The summed E-state index contributed by atoms with van der Waals surface area (Å²) in [7, 11) is 1.70. The number of rotatable bonds is 5. The van der Waals surface area contributed by atoms with Gasteiger partial charge in [-0.25, -0.2) is 0 Å². The Balaban J connectivity index is 1.93. The van der Waals surface area contributed by atoms with Crippen molar-refractivity contribution in [2.75, 3.05) is 7.11 Å². The van der Waals surface area contributed by atoms with Gasteiger partial charge in [-0.05, 0) is 25.8 Å². The standard InChI is InChI=1S/C13H23N3O/c1-10(17-2)13(14)9-11-7-8-16(15-11)12-5-3-4-6-12/h7-8,10,12-13H,3-6,9,14H2,1-2H3. The Labute approximate surface area is 103 Å². The molecule has 2 N–H and O–H groups in total. The van der Waals surface area contributed by atoms with E-state index in [0.29, 0.717) is 6.04 Å². The van der Waals surface area contributed by atoms with Crippen LogP contribution in [0.2, 0.25) is 0 Å². The lowest BCUT2D eigenvalue weighted by atomic mass is 10.1. The smallest absolute Gasteiger partial charge is 0.0697 e. The fourth-order valence-electron chi connectivity index (χ4n) is 2.44. The van der Waals surface area contributed by atoms with Gasteiger partial charge in [-0.15, -0.1) is 0 Å². The van der Waals surface area contributed by atoms with Crippen molar-refractivity contribution < 1.29 is 4.74 Å². The molecule has 0 bridgehead atoms. The topological polar surface area (TPSA) is 53.1 Å². The van der Waals surface area contributed by atoms with E-state index in [0.717, 1.165) is 12.1 Å². The number of aromatic nitrogens is 2. The highest BCUT2D eigenvalue weighted by atomic mass is 16.5. The average molecular weight is 237 g/mol. The highest BCUT2D eigenvalue weighted by Gasteiger charge is 2.19. The number of nitrogens with two attached hydrogens (primary N) is 1. The third-order valence-corrected chi connectivity index (χ3v) is 3.78. The van der Waals surface area contributed by atoms with Gasteiger partial charge in [-0.1, -0.05) is 12.8 Å². The van der Waals surface area contributed by atoms with Crippen LogP contribution in [0.15, 0.2) is 12.3 Å². The van der Waals surface area contributed by atoms with Gasteiger partial charge in [-0.3, -0.25) is 4.68 Å².